The van der Waals surface area contributed by atoms with Crippen LogP contribution in [0.25, 0.3) is 0 Å². The van der Waals surface area contributed by atoms with Crippen molar-refractivity contribution in [2.24, 2.45) is 0 Å². The summed E-state index contributed by atoms with van der Waals surface area (Å²) in [5, 5.41) is 7.80. The van der Waals surface area contributed by atoms with Gasteiger partial charge in [-0.25, -0.2) is 4.79 Å². The third-order valence-corrected chi connectivity index (χ3v) is 3.67. The lowest BCUT2D eigenvalue weighted by molar-refractivity contribution is 0.0545. The number of rotatable bonds is 7. The smallest absolute Gasteiger partial charge is 0.397 e. The van der Waals surface area contributed by atoms with E-state index in [4.69, 9.17) is 9.05 Å². The lowest BCUT2D eigenvalue weighted by Gasteiger charge is -2.09. The van der Waals surface area contributed by atoms with E-state index in [1.807, 2.05) is 27.7 Å². The summed E-state index contributed by atoms with van der Waals surface area (Å²) in [5.41, 5.74) is 0. The molecule has 23 heavy (non-hydrogen) atoms. The first-order valence-corrected chi connectivity index (χ1v) is 7.67. The third kappa shape index (κ3) is 4.14. The number of nitrogens with zero attached hydrogens (tertiary/aromatic N) is 4. The van der Waals surface area contributed by atoms with Gasteiger partial charge >= 0.3 is 11.9 Å². The molecule has 2 aromatic heterocycles. The van der Waals surface area contributed by atoms with Crippen LogP contribution in [0.15, 0.2) is 9.05 Å². The molecule has 0 radical (unpaired) electrons. The first kappa shape index (κ1) is 17.1. The first-order chi connectivity index (χ1) is 10.9. The van der Waals surface area contributed by atoms with Crippen molar-refractivity contribution in [2.75, 3.05) is 7.11 Å². The summed E-state index contributed by atoms with van der Waals surface area (Å²) in [6.45, 7) is 8.07. The normalized spacial score (nSPS) is 14.0. The molecule has 2 atom stereocenters. The van der Waals surface area contributed by atoms with E-state index in [9.17, 15) is 4.79 Å². The summed E-state index contributed by atoms with van der Waals surface area (Å²) in [6, 6.07) is 0. The van der Waals surface area contributed by atoms with Gasteiger partial charge in [0.25, 0.3) is 0 Å². The Balaban J connectivity index is 1.91. The first-order valence-electron chi connectivity index (χ1n) is 7.67. The Morgan fingerprint density at radius 3 is 2.26 bits per heavy atom. The summed E-state index contributed by atoms with van der Waals surface area (Å²) >= 11 is 0. The summed E-state index contributed by atoms with van der Waals surface area (Å²) in [4.78, 5) is 19.8. The zero-order chi connectivity index (χ0) is 17.0. The Kier molecular flexibility index (Phi) is 5.46. The second-order valence-electron chi connectivity index (χ2n) is 5.97. The molecule has 0 aliphatic rings. The molecule has 8 nitrogen and oxygen atoms in total. The van der Waals surface area contributed by atoms with E-state index in [-0.39, 0.29) is 23.6 Å². The molecule has 0 saturated carbocycles. The van der Waals surface area contributed by atoms with Crippen molar-refractivity contribution in [3.05, 3.63) is 23.4 Å². The predicted octanol–water partition coefficient (Wildman–Crippen LogP) is 3.05. The van der Waals surface area contributed by atoms with Crippen LogP contribution in [0.5, 0.6) is 0 Å². The summed E-state index contributed by atoms with van der Waals surface area (Å²) in [7, 11) is 1.27. The molecular weight excluding hydrogens is 300 g/mol. The second kappa shape index (κ2) is 7.34. The number of ether oxygens (including phenoxy) is 1. The number of carbonyl (C=O) groups is 1. The van der Waals surface area contributed by atoms with E-state index in [1.54, 1.807) is 0 Å². The maximum Gasteiger partial charge on any atom is 0.397 e. The molecule has 0 aromatic carbocycles. The molecule has 2 aromatic rings. The van der Waals surface area contributed by atoms with Crippen molar-refractivity contribution in [3.63, 3.8) is 0 Å². The molecule has 0 amide bonds. The monoisotopic (exact) mass is 322 g/mol. The maximum atomic E-state index is 11.3. The van der Waals surface area contributed by atoms with Crippen molar-refractivity contribution in [1.29, 1.82) is 0 Å². The van der Waals surface area contributed by atoms with Crippen molar-refractivity contribution in [2.45, 2.75) is 58.3 Å². The second-order valence-corrected chi connectivity index (χ2v) is 5.97. The Hall–Kier alpha value is -2.25. The standard InChI is InChI=1S/C15H22N4O4/c1-8(2)11-16-13(22-18-11)10(4)7-6-9(3)12-17-14(23-19-12)15(20)21-5/h8-10H,6-7H2,1-5H3. The number of esters is 1. The molecule has 0 aliphatic carbocycles. The van der Waals surface area contributed by atoms with Crippen LogP contribution < -0.4 is 0 Å². The van der Waals surface area contributed by atoms with Crippen LogP contribution >= 0.6 is 0 Å². The van der Waals surface area contributed by atoms with E-state index in [2.05, 4.69) is 25.0 Å². The van der Waals surface area contributed by atoms with E-state index >= 15 is 0 Å². The van der Waals surface area contributed by atoms with Crippen LogP contribution in [0.1, 0.15) is 86.5 Å². The van der Waals surface area contributed by atoms with Crippen molar-refractivity contribution in [3.8, 4) is 0 Å². The molecule has 0 spiro atoms. The highest BCUT2D eigenvalue weighted by Gasteiger charge is 2.21. The van der Waals surface area contributed by atoms with Gasteiger partial charge in [-0.15, -0.1) is 0 Å². The fourth-order valence-electron chi connectivity index (χ4n) is 2.04. The average molecular weight is 322 g/mol. The summed E-state index contributed by atoms with van der Waals surface area (Å²) in [6.07, 6.45) is 1.64. The third-order valence-electron chi connectivity index (χ3n) is 3.67. The fourth-order valence-corrected chi connectivity index (χ4v) is 2.04. The van der Waals surface area contributed by atoms with Crippen molar-refractivity contribution >= 4 is 5.97 Å². The van der Waals surface area contributed by atoms with Gasteiger partial charge in [0.15, 0.2) is 11.6 Å². The zero-order valence-corrected chi connectivity index (χ0v) is 14.1. The van der Waals surface area contributed by atoms with Gasteiger partial charge in [-0.1, -0.05) is 38.0 Å². The minimum atomic E-state index is -0.628. The van der Waals surface area contributed by atoms with Crippen LogP contribution in [0, 0.1) is 0 Å². The Morgan fingerprint density at radius 2 is 1.65 bits per heavy atom. The van der Waals surface area contributed by atoms with Gasteiger partial charge < -0.3 is 13.8 Å². The molecule has 0 aliphatic heterocycles. The quantitative estimate of drug-likeness (QED) is 0.716. The maximum absolute atomic E-state index is 11.3. The van der Waals surface area contributed by atoms with Gasteiger partial charge in [-0.2, -0.15) is 9.97 Å². The Bertz CT molecular complexity index is 649. The Labute approximate surface area is 134 Å². The lowest BCUT2D eigenvalue weighted by Crippen LogP contribution is -2.04. The largest absolute Gasteiger partial charge is 0.462 e. The molecule has 2 heterocycles. The van der Waals surface area contributed by atoms with E-state index in [0.717, 1.165) is 18.7 Å². The van der Waals surface area contributed by atoms with E-state index in [0.29, 0.717) is 11.7 Å². The minimum absolute atomic E-state index is 0.0482. The minimum Gasteiger partial charge on any atom is -0.462 e. The van der Waals surface area contributed by atoms with Gasteiger partial charge in [0.05, 0.1) is 7.11 Å². The number of hydrogen-bond acceptors (Lipinski definition) is 8. The molecule has 126 valence electrons. The fraction of sp³-hybridized carbons (Fsp3) is 0.667. The average Bonchev–Trinajstić information content (AvgIpc) is 3.20. The highest BCUT2D eigenvalue weighted by atomic mass is 16.6. The number of methoxy groups -OCH3 is 1. The molecule has 0 fully saturated rings. The van der Waals surface area contributed by atoms with Crippen LogP contribution in [0.2, 0.25) is 0 Å². The van der Waals surface area contributed by atoms with E-state index < -0.39 is 5.97 Å². The molecule has 8 heteroatoms. The molecular formula is C15H22N4O4. The van der Waals surface area contributed by atoms with Crippen LogP contribution in [-0.4, -0.2) is 33.4 Å². The van der Waals surface area contributed by atoms with Crippen molar-refractivity contribution < 1.29 is 18.6 Å². The van der Waals surface area contributed by atoms with Crippen molar-refractivity contribution in [1.82, 2.24) is 20.3 Å². The number of hydrogen-bond donors (Lipinski definition) is 0. The molecule has 2 unspecified atom stereocenters. The number of carbonyl (C=O) groups excluding carboxylic acids is 1. The summed E-state index contributed by atoms with van der Waals surface area (Å²) < 4.78 is 14.7. The van der Waals surface area contributed by atoms with Gasteiger partial charge in [0, 0.05) is 17.8 Å². The van der Waals surface area contributed by atoms with Crippen LogP contribution in [-0.2, 0) is 4.74 Å². The predicted molar refractivity (Wildman–Crippen MR) is 80.1 cm³/mol. The van der Waals surface area contributed by atoms with Crippen LogP contribution in [0.3, 0.4) is 0 Å². The highest BCUT2D eigenvalue weighted by molar-refractivity contribution is 5.83. The van der Waals surface area contributed by atoms with Gasteiger partial charge in [0.2, 0.25) is 5.89 Å². The molecule has 2 rings (SSSR count). The van der Waals surface area contributed by atoms with Gasteiger partial charge in [-0.3, -0.25) is 0 Å². The van der Waals surface area contributed by atoms with Crippen LogP contribution in [0.4, 0.5) is 0 Å². The molecule has 0 bridgehead atoms. The Morgan fingerprint density at radius 1 is 1.00 bits per heavy atom. The number of aromatic nitrogens is 4. The lowest BCUT2D eigenvalue weighted by atomic mass is 9.97. The highest BCUT2D eigenvalue weighted by Crippen LogP contribution is 2.26. The van der Waals surface area contributed by atoms with Gasteiger partial charge in [0.1, 0.15) is 0 Å². The molecule has 0 N–H and O–H groups in total. The van der Waals surface area contributed by atoms with Gasteiger partial charge in [-0.05, 0) is 12.8 Å². The topological polar surface area (TPSA) is 104 Å². The summed E-state index contributed by atoms with van der Waals surface area (Å²) in [5.74, 6) is 1.54. The molecule has 0 saturated heterocycles. The zero-order valence-electron chi connectivity index (χ0n) is 14.1. The van der Waals surface area contributed by atoms with E-state index in [1.165, 1.54) is 7.11 Å². The SMILES string of the molecule is COC(=O)c1nc(C(C)CCC(C)c2nc(C(C)C)no2)no1.